The second kappa shape index (κ2) is 47.7. The van der Waals surface area contributed by atoms with Gasteiger partial charge in [0, 0.05) is 109 Å². The molecule has 4 atom stereocenters. The zero-order valence-corrected chi connectivity index (χ0v) is 82.1. The number of piperidine rings is 2. The van der Waals surface area contributed by atoms with Gasteiger partial charge >= 0.3 is 24.0 Å². The van der Waals surface area contributed by atoms with E-state index in [0.717, 1.165) is 220 Å². The van der Waals surface area contributed by atoms with E-state index in [-0.39, 0.29) is 60.1 Å². The maximum Gasteiger partial charge on any atom is 0.320 e. The molecule has 4 aliphatic heterocycles. The van der Waals surface area contributed by atoms with E-state index in [4.69, 9.17) is 105 Å². The van der Waals surface area contributed by atoms with Crippen LogP contribution in [0.15, 0.2) is 97.1 Å². The van der Waals surface area contributed by atoms with Crippen LogP contribution in [-0.4, -0.2) is 213 Å². The van der Waals surface area contributed by atoms with Gasteiger partial charge in [-0.25, -0.2) is 34.9 Å². The Morgan fingerprint density at radius 1 is 0.271 bits per heavy atom. The summed E-state index contributed by atoms with van der Waals surface area (Å²) < 4.78 is 70.2. The van der Waals surface area contributed by atoms with Crippen LogP contribution in [0.3, 0.4) is 0 Å². The van der Waals surface area contributed by atoms with Gasteiger partial charge in [-0.15, -0.1) is 45.3 Å². The van der Waals surface area contributed by atoms with Crippen molar-refractivity contribution in [1.29, 1.82) is 0 Å². The lowest BCUT2D eigenvalue weighted by Crippen LogP contribution is -2.39. The number of benzene rings is 4. The van der Waals surface area contributed by atoms with E-state index in [1.165, 1.54) is 63.9 Å². The van der Waals surface area contributed by atoms with Crippen LogP contribution < -0.4 is 85.5 Å². The number of aromatic nitrogens is 12. The molecular weight excluding hydrogens is 1770 g/mol. The lowest BCUT2D eigenvalue weighted by molar-refractivity contribution is 0.145. The molecule has 0 aliphatic carbocycles. The lowest BCUT2D eigenvalue weighted by atomic mass is 10.1. The maximum atomic E-state index is 6.14. The van der Waals surface area contributed by atoms with Gasteiger partial charge in [0.1, 0.15) is 100.0 Å². The van der Waals surface area contributed by atoms with E-state index >= 15 is 0 Å². The van der Waals surface area contributed by atoms with Crippen LogP contribution in [0.5, 0.6) is 70.0 Å². The molecule has 12 heterocycles. The first kappa shape index (κ1) is 98.7. The number of nitrogen functional groups attached to an aromatic ring is 5. The molecule has 0 radical (unpaired) electrons. The third-order valence-electron chi connectivity index (χ3n) is 22.7. The van der Waals surface area contributed by atoms with Crippen molar-refractivity contribution in [1.82, 2.24) is 79.4 Å². The quantitative estimate of drug-likeness (QED) is 0.0243. The molecule has 0 spiro atoms. The van der Waals surface area contributed by atoms with Crippen LogP contribution in [0.2, 0.25) is 0 Å². The van der Waals surface area contributed by atoms with Crippen molar-refractivity contribution >= 4 is 74.4 Å². The van der Waals surface area contributed by atoms with Gasteiger partial charge in [-0.05, 0) is 246 Å². The zero-order chi connectivity index (χ0) is 94.2. The molecule has 16 rings (SSSR count). The van der Waals surface area contributed by atoms with Gasteiger partial charge in [0.15, 0.2) is 46.0 Å². The number of aryl methyl sites for hydroxylation is 7. The molecule has 37 heteroatoms. The first-order valence-electron chi connectivity index (χ1n) is 45.1. The molecule has 33 nitrogen and oxygen atoms in total. The topological polar surface area (TPSA) is 408 Å². The summed E-state index contributed by atoms with van der Waals surface area (Å²) in [5, 5.41) is 3.57. The number of anilines is 5. The number of hydrogen-bond acceptors (Lipinski definition) is 37. The summed E-state index contributed by atoms with van der Waals surface area (Å²) in [4.78, 5) is 67.0. The number of nitrogens with zero attached hydrogens (tertiary/aromatic N) is 16. The lowest BCUT2D eigenvalue weighted by Gasteiger charge is -2.30. The highest BCUT2D eigenvalue weighted by atomic mass is 32.1. The summed E-state index contributed by atoms with van der Waals surface area (Å²) in [7, 11) is 6.63. The number of ether oxygens (including phenoxy) is 12. The summed E-state index contributed by atoms with van der Waals surface area (Å²) in [6, 6.07) is 31.2. The summed E-state index contributed by atoms with van der Waals surface area (Å²) >= 11 is 6.45. The fourth-order valence-corrected chi connectivity index (χ4v) is 19.6. The normalized spacial score (nSPS) is 15.0. The van der Waals surface area contributed by atoms with Crippen LogP contribution in [0.1, 0.15) is 169 Å². The molecule has 8 aromatic heterocycles. The first-order valence-corrected chi connectivity index (χ1v) is 48.4. The second-order valence-corrected chi connectivity index (χ2v) is 37.8. The van der Waals surface area contributed by atoms with Crippen molar-refractivity contribution in [3.05, 3.63) is 156 Å². The first-order chi connectivity index (χ1) is 64.2. The highest BCUT2D eigenvalue weighted by Gasteiger charge is 2.27. The minimum absolute atomic E-state index is 0.132. The van der Waals surface area contributed by atoms with Gasteiger partial charge in [-0.2, -0.15) is 24.9 Å². The zero-order valence-electron chi connectivity index (χ0n) is 78.8. The predicted molar refractivity (Wildman–Crippen MR) is 525 cm³/mol. The summed E-state index contributed by atoms with van der Waals surface area (Å²) in [5.41, 5.74) is 38.5. The van der Waals surface area contributed by atoms with E-state index in [1.54, 1.807) is 92.0 Å². The highest BCUT2D eigenvalue weighted by molar-refractivity contribution is 7.16. The maximum absolute atomic E-state index is 6.14. The fourth-order valence-electron chi connectivity index (χ4n) is 15.7. The molecule has 4 aliphatic rings. The Bertz CT molecular complexity index is 5550. The summed E-state index contributed by atoms with van der Waals surface area (Å²) in [6.07, 6.45) is 10.2. The van der Waals surface area contributed by atoms with Crippen molar-refractivity contribution in [3.8, 4) is 112 Å². The Balaban J connectivity index is 0.000000151. The second-order valence-electron chi connectivity index (χ2n) is 32.9. The fraction of sp³-hybridized carbons (Fsp3) is 0.458. The number of rotatable bonds is 36. The van der Waals surface area contributed by atoms with Crippen molar-refractivity contribution in [2.24, 2.45) is 0 Å². The summed E-state index contributed by atoms with van der Waals surface area (Å²) in [5.74, 6) is 7.47. The molecule has 10 N–H and O–H groups in total. The minimum Gasteiger partial charge on any atom is -0.493 e. The van der Waals surface area contributed by atoms with Gasteiger partial charge in [0.05, 0.1) is 51.2 Å². The third-order valence-corrected chi connectivity index (χ3v) is 26.8. The number of hydrogen-bond donors (Lipinski definition) is 5. The molecule has 4 fully saturated rings. The third kappa shape index (κ3) is 27.9. The molecule has 0 saturated carbocycles. The Morgan fingerprint density at radius 3 is 0.707 bits per heavy atom. The molecule has 710 valence electrons. The molecule has 12 aromatic rings. The smallest absolute Gasteiger partial charge is 0.320 e. The minimum atomic E-state index is -0.371. The van der Waals surface area contributed by atoms with Gasteiger partial charge in [-0.1, -0.05) is 12.8 Å². The molecule has 4 saturated heterocycles. The number of methoxy groups -OCH3 is 4. The highest BCUT2D eigenvalue weighted by Crippen LogP contribution is 2.43. The van der Waals surface area contributed by atoms with E-state index < -0.39 is 0 Å². The van der Waals surface area contributed by atoms with Gasteiger partial charge in [0.2, 0.25) is 0 Å². The van der Waals surface area contributed by atoms with E-state index in [2.05, 4.69) is 59.5 Å². The average molecular weight is 1890 g/mol. The molecular formula is C96H125N21O12S4. The number of nitrogens with two attached hydrogens (primary N) is 5. The Morgan fingerprint density at radius 2 is 0.489 bits per heavy atom. The van der Waals surface area contributed by atoms with E-state index in [1.807, 2.05) is 149 Å². The summed E-state index contributed by atoms with van der Waals surface area (Å²) in [6.45, 7) is 36.9. The molecule has 0 unspecified atom stereocenters. The largest absolute Gasteiger partial charge is 0.493 e. The van der Waals surface area contributed by atoms with Crippen molar-refractivity contribution in [2.45, 2.75) is 158 Å². The van der Waals surface area contributed by atoms with Crippen LogP contribution in [0.4, 0.5) is 29.1 Å². The van der Waals surface area contributed by atoms with Crippen LogP contribution in [-0.2, 0) is 0 Å². The number of likely N-dealkylation sites (tertiary alicyclic amines) is 4. The predicted octanol–water partition coefficient (Wildman–Crippen LogP) is 17.4. The van der Waals surface area contributed by atoms with Crippen molar-refractivity contribution < 1.29 is 56.8 Å². The van der Waals surface area contributed by atoms with E-state index in [9.17, 15) is 0 Å². The molecule has 4 aromatic carbocycles. The molecule has 0 bridgehead atoms. The van der Waals surface area contributed by atoms with Crippen LogP contribution in [0, 0.1) is 48.5 Å². The molecule has 0 amide bonds. The Kier molecular flexibility index (Phi) is 35.4. The Hall–Kier alpha value is -11.8. The van der Waals surface area contributed by atoms with Gasteiger partial charge in [0.25, 0.3) is 0 Å². The SMILES string of the molecule is COc1ccc(-c2nc([C@@H](C)Oc3nc(C)cc(N)n3)c(C)s2)cc1OCCN1CCC1.COc1ccc(-c2nc([C@@H](C)Oc3nc(C)cc(N)n3)c(C)s2)cc1OCCN1CCCC1.COc1ccc(-c2nc([C@@H](C)Oc3nc(C)cc(N)n3)c(C)s2)cc1OCCN1CCCCC1.COc1ccc(-c2nc([C@@H](C)Oc3nc(N)cc(N)n3)c(C)s2)cc1OCCN1CCCCC1. The van der Waals surface area contributed by atoms with Crippen LogP contribution in [0.25, 0.3) is 42.3 Å². The number of thiazole rings is 4. The van der Waals surface area contributed by atoms with Gasteiger partial charge in [-0.3, -0.25) is 19.6 Å². The van der Waals surface area contributed by atoms with Crippen LogP contribution >= 0.6 is 45.3 Å². The van der Waals surface area contributed by atoms with Gasteiger partial charge < -0.3 is 85.5 Å². The van der Waals surface area contributed by atoms with Crippen molar-refractivity contribution in [3.63, 3.8) is 0 Å². The standard InChI is InChI=1S/C25H33N5O3S.C24H32N6O3S.C24H31N5O3S.C23H29N5O3S/c1-16-14-22(26)28-25(27-16)33-17(2)23-18(3)34-24(29-23)19-8-9-20(31-4)21(15-19)32-13-12-30-10-6-5-7-11-30;1-15(33-24-27-20(25)14-21(26)28-24)22-16(2)34-23(29-22)17-7-8-18(31-3)19(13-17)32-12-11-30-9-5-4-6-10-30;1-15-13-21(25)27-24(26-15)32-16(2)22-17(3)33-23(28-22)18-7-8-19(30-4)20(14-18)31-12-11-29-9-5-6-10-29;1-14-12-20(24)26-23(25-14)31-15(2)21-16(3)32-22(27-21)17-6-7-18(29-4)19(13-17)30-11-10-28-8-5-9-28/h8-9,14-15,17H,5-7,10-13H2,1-4H3,(H2,26,27,28);7-8,13-15H,4-6,9-12H2,1-3H3,(H4,25,26,27,28);7-8,13-14,16H,5-6,9-12H2,1-4H3,(H2,25,26,27);6-7,12-13,15H,5,8-11H2,1-4H3,(H2,24,25,26)/t17-;15-;16-;15-/m1111/s1. The van der Waals surface area contributed by atoms with E-state index in [0.29, 0.717) is 49.6 Å². The Labute approximate surface area is 794 Å². The average Bonchev–Trinajstić information content (AvgIpc) is 1.68. The monoisotopic (exact) mass is 1890 g/mol. The van der Waals surface area contributed by atoms with Crippen molar-refractivity contribution in [2.75, 3.05) is 162 Å². The molecule has 133 heavy (non-hydrogen) atoms.